The van der Waals surface area contributed by atoms with Gasteiger partial charge in [0, 0.05) is 25.0 Å². The molecular formula is C16H31N3O. The highest BCUT2D eigenvalue weighted by molar-refractivity contribution is 5.76. The SMILES string of the molecule is CC(C)(CCN)CCC(=O)NC1CCN2CCCC2C1. The molecule has 1 amide bonds. The molecule has 2 saturated heterocycles. The maximum atomic E-state index is 12.1. The number of amides is 1. The largest absolute Gasteiger partial charge is 0.353 e. The third kappa shape index (κ3) is 4.45. The van der Waals surface area contributed by atoms with Crippen LogP contribution in [0.3, 0.4) is 0 Å². The zero-order valence-electron chi connectivity index (χ0n) is 13.2. The molecule has 2 unspecified atom stereocenters. The summed E-state index contributed by atoms with van der Waals surface area (Å²) in [5.41, 5.74) is 5.80. The first-order chi connectivity index (χ1) is 9.50. The van der Waals surface area contributed by atoms with E-state index in [9.17, 15) is 4.79 Å². The highest BCUT2D eigenvalue weighted by Gasteiger charge is 2.32. The van der Waals surface area contributed by atoms with Gasteiger partial charge in [-0.2, -0.15) is 0 Å². The molecule has 20 heavy (non-hydrogen) atoms. The fourth-order valence-corrected chi connectivity index (χ4v) is 3.62. The van der Waals surface area contributed by atoms with Crippen molar-refractivity contribution in [2.75, 3.05) is 19.6 Å². The average Bonchev–Trinajstić information content (AvgIpc) is 2.84. The van der Waals surface area contributed by atoms with Crippen LogP contribution in [0.5, 0.6) is 0 Å². The summed E-state index contributed by atoms with van der Waals surface area (Å²) in [6.45, 7) is 7.52. The first kappa shape index (κ1) is 15.8. The molecule has 116 valence electrons. The minimum Gasteiger partial charge on any atom is -0.353 e. The van der Waals surface area contributed by atoms with Crippen molar-refractivity contribution >= 4 is 5.91 Å². The minimum absolute atomic E-state index is 0.181. The third-order valence-corrected chi connectivity index (χ3v) is 5.04. The number of piperidine rings is 1. The lowest BCUT2D eigenvalue weighted by Gasteiger charge is -2.35. The minimum atomic E-state index is 0.181. The maximum absolute atomic E-state index is 12.1. The first-order valence-electron chi connectivity index (χ1n) is 8.24. The van der Waals surface area contributed by atoms with E-state index in [0.717, 1.165) is 38.3 Å². The van der Waals surface area contributed by atoms with Gasteiger partial charge in [-0.05, 0) is 57.0 Å². The molecule has 0 aliphatic carbocycles. The van der Waals surface area contributed by atoms with Gasteiger partial charge in [-0.1, -0.05) is 13.8 Å². The lowest BCUT2D eigenvalue weighted by atomic mass is 9.84. The van der Waals surface area contributed by atoms with Crippen molar-refractivity contribution in [2.24, 2.45) is 11.1 Å². The second kappa shape index (κ2) is 6.90. The molecule has 0 radical (unpaired) electrons. The summed E-state index contributed by atoms with van der Waals surface area (Å²) in [4.78, 5) is 14.7. The van der Waals surface area contributed by atoms with E-state index in [-0.39, 0.29) is 11.3 Å². The average molecular weight is 281 g/mol. The summed E-state index contributed by atoms with van der Waals surface area (Å²) < 4.78 is 0. The molecule has 2 fully saturated rings. The van der Waals surface area contributed by atoms with Crippen LogP contribution >= 0.6 is 0 Å². The van der Waals surface area contributed by atoms with E-state index in [1.165, 1.54) is 19.4 Å². The van der Waals surface area contributed by atoms with Crippen LogP contribution in [-0.2, 0) is 4.79 Å². The van der Waals surface area contributed by atoms with Crippen LogP contribution < -0.4 is 11.1 Å². The van der Waals surface area contributed by atoms with Crippen molar-refractivity contribution in [3.8, 4) is 0 Å². The van der Waals surface area contributed by atoms with Crippen molar-refractivity contribution in [3.63, 3.8) is 0 Å². The Morgan fingerprint density at radius 2 is 2.10 bits per heavy atom. The van der Waals surface area contributed by atoms with Crippen molar-refractivity contribution in [3.05, 3.63) is 0 Å². The van der Waals surface area contributed by atoms with Crippen LogP contribution in [0.2, 0.25) is 0 Å². The number of hydrogen-bond acceptors (Lipinski definition) is 3. The van der Waals surface area contributed by atoms with Gasteiger partial charge in [0.15, 0.2) is 0 Å². The number of carbonyl (C=O) groups excluding carboxylic acids is 1. The van der Waals surface area contributed by atoms with Gasteiger partial charge in [-0.25, -0.2) is 0 Å². The number of nitrogens with two attached hydrogens (primary N) is 1. The third-order valence-electron chi connectivity index (χ3n) is 5.04. The monoisotopic (exact) mass is 281 g/mol. The molecule has 2 atom stereocenters. The Morgan fingerprint density at radius 1 is 1.30 bits per heavy atom. The number of carbonyl (C=O) groups is 1. The number of fused-ring (bicyclic) bond motifs is 1. The van der Waals surface area contributed by atoms with Gasteiger partial charge < -0.3 is 16.0 Å². The van der Waals surface area contributed by atoms with Crippen LogP contribution in [0.1, 0.15) is 58.8 Å². The molecule has 3 N–H and O–H groups in total. The maximum Gasteiger partial charge on any atom is 0.220 e. The van der Waals surface area contributed by atoms with Crippen molar-refractivity contribution in [2.45, 2.75) is 70.9 Å². The molecule has 0 aromatic rings. The Hall–Kier alpha value is -0.610. The van der Waals surface area contributed by atoms with Crippen molar-refractivity contribution in [1.82, 2.24) is 10.2 Å². The lowest BCUT2D eigenvalue weighted by molar-refractivity contribution is -0.122. The first-order valence-corrected chi connectivity index (χ1v) is 8.24. The number of nitrogens with zero attached hydrogens (tertiary/aromatic N) is 1. The fraction of sp³-hybridized carbons (Fsp3) is 0.938. The van der Waals surface area contributed by atoms with Gasteiger partial charge in [-0.15, -0.1) is 0 Å². The molecule has 0 bridgehead atoms. The topological polar surface area (TPSA) is 58.4 Å². The van der Waals surface area contributed by atoms with Crippen LogP contribution in [0, 0.1) is 5.41 Å². The Labute approximate surface area is 123 Å². The number of nitrogens with one attached hydrogen (secondary N) is 1. The van der Waals surface area contributed by atoms with Gasteiger partial charge in [-0.3, -0.25) is 4.79 Å². The van der Waals surface area contributed by atoms with E-state index in [1.807, 2.05) is 0 Å². The zero-order valence-corrected chi connectivity index (χ0v) is 13.2. The van der Waals surface area contributed by atoms with Gasteiger partial charge in [0.05, 0.1) is 0 Å². The standard InChI is InChI=1S/C16H31N3O/c1-16(2,8-9-17)7-5-15(20)18-13-6-11-19-10-3-4-14(19)12-13/h13-14H,3-12,17H2,1-2H3,(H,18,20). The molecule has 2 heterocycles. The number of rotatable bonds is 6. The van der Waals surface area contributed by atoms with E-state index in [4.69, 9.17) is 5.73 Å². The Morgan fingerprint density at radius 3 is 2.85 bits per heavy atom. The Balaban J connectivity index is 1.69. The predicted octanol–water partition coefficient (Wildman–Crippen LogP) is 1.88. The molecule has 2 aliphatic rings. The molecule has 0 saturated carbocycles. The zero-order chi connectivity index (χ0) is 14.6. The normalized spacial score (nSPS) is 27.4. The van der Waals surface area contributed by atoms with E-state index >= 15 is 0 Å². The second-order valence-corrected chi connectivity index (χ2v) is 7.32. The van der Waals surface area contributed by atoms with E-state index in [2.05, 4.69) is 24.1 Å². The summed E-state index contributed by atoms with van der Waals surface area (Å²) in [7, 11) is 0. The smallest absolute Gasteiger partial charge is 0.220 e. The van der Waals surface area contributed by atoms with Crippen LogP contribution in [0.25, 0.3) is 0 Å². The summed E-state index contributed by atoms with van der Waals surface area (Å²) >= 11 is 0. The van der Waals surface area contributed by atoms with E-state index in [1.54, 1.807) is 0 Å². The van der Waals surface area contributed by atoms with E-state index < -0.39 is 0 Å². The second-order valence-electron chi connectivity index (χ2n) is 7.32. The Bertz CT molecular complexity index is 330. The molecule has 0 aromatic carbocycles. The summed E-state index contributed by atoms with van der Waals surface area (Å²) in [5.74, 6) is 0.228. The molecule has 2 rings (SSSR count). The van der Waals surface area contributed by atoms with Gasteiger partial charge >= 0.3 is 0 Å². The van der Waals surface area contributed by atoms with Gasteiger partial charge in [0.2, 0.25) is 5.91 Å². The van der Waals surface area contributed by atoms with Crippen molar-refractivity contribution in [1.29, 1.82) is 0 Å². The number of hydrogen-bond donors (Lipinski definition) is 2. The molecule has 0 aromatic heterocycles. The summed E-state index contributed by atoms with van der Waals surface area (Å²) in [6, 6.07) is 1.13. The lowest BCUT2D eigenvalue weighted by Crippen LogP contribution is -2.47. The molecule has 4 heteroatoms. The van der Waals surface area contributed by atoms with Gasteiger partial charge in [0.25, 0.3) is 0 Å². The summed E-state index contributed by atoms with van der Waals surface area (Å²) in [5, 5.41) is 3.25. The molecular weight excluding hydrogens is 250 g/mol. The highest BCUT2D eigenvalue weighted by atomic mass is 16.1. The predicted molar refractivity (Wildman–Crippen MR) is 82.4 cm³/mol. The summed E-state index contributed by atoms with van der Waals surface area (Å²) in [6.07, 6.45) is 7.47. The van der Waals surface area contributed by atoms with Crippen molar-refractivity contribution < 1.29 is 4.79 Å². The fourth-order valence-electron chi connectivity index (χ4n) is 3.62. The quantitative estimate of drug-likeness (QED) is 0.781. The van der Waals surface area contributed by atoms with Crippen LogP contribution in [0.15, 0.2) is 0 Å². The molecule has 0 spiro atoms. The Kier molecular flexibility index (Phi) is 5.44. The van der Waals surface area contributed by atoms with Gasteiger partial charge in [0.1, 0.15) is 0 Å². The van der Waals surface area contributed by atoms with Crippen LogP contribution in [0.4, 0.5) is 0 Å². The van der Waals surface area contributed by atoms with Crippen LogP contribution in [-0.4, -0.2) is 42.5 Å². The molecule has 4 nitrogen and oxygen atoms in total. The highest BCUT2D eigenvalue weighted by Crippen LogP contribution is 2.28. The molecule has 2 aliphatic heterocycles. The van der Waals surface area contributed by atoms with E-state index in [0.29, 0.717) is 19.0 Å².